The largest absolute Gasteiger partial charge is 0.351 e. The van der Waals surface area contributed by atoms with Crippen molar-refractivity contribution in [1.82, 2.24) is 5.32 Å². The molecule has 6 nitrogen and oxygen atoms in total. The van der Waals surface area contributed by atoms with Crippen molar-refractivity contribution in [1.29, 1.82) is 0 Å². The molecule has 5 N–H and O–H groups in total. The van der Waals surface area contributed by atoms with E-state index < -0.39 is 6.03 Å². The Morgan fingerprint density at radius 3 is 2.12 bits per heavy atom. The minimum Gasteiger partial charge on any atom is -0.351 e. The van der Waals surface area contributed by atoms with Crippen molar-refractivity contribution in [3.63, 3.8) is 0 Å². The summed E-state index contributed by atoms with van der Waals surface area (Å²) in [5.74, 6) is -0.0602. The van der Waals surface area contributed by atoms with Gasteiger partial charge >= 0.3 is 6.03 Å². The fourth-order valence-corrected chi connectivity index (χ4v) is 1.24. The maximum atomic E-state index is 11.4. The molecular formula is C11H16N4O2. The van der Waals surface area contributed by atoms with E-state index in [0.29, 0.717) is 24.3 Å². The number of nitrogens with two attached hydrogens (primary N) is 1. The van der Waals surface area contributed by atoms with E-state index in [4.69, 9.17) is 5.73 Å². The molecule has 1 aromatic carbocycles. The number of benzene rings is 1. The Kier molecular flexibility index (Phi) is 4.96. The molecule has 0 aliphatic carbocycles. The van der Waals surface area contributed by atoms with Gasteiger partial charge in [-0.2, -0.15) is 0 Å². The third-order valence-corrected chi connectivity index (χ3v) is 2.04. The summed E-state index contributed by atoms with van der Waals surface area (Å²) >= 11 is 0. The molecular weight excluding hydrogens is 220 g/mol. The number of carbonyl (C=O) groups is 2. The van der Waals surface area contributed by atoms with Crippen LogP contribution in [0.4, 0.5) is 16.2 Å². The van der Waals surface area contributed by atoms with E-state index >= 15 is 0 Å². The molecule has 0 aliphatic rings. The van der Waals surface area contributed by atoms with Crippen LogP contribution >= 0.6 is 0 Å². The molecule has 1 rings (SSSR count). The van der Waals surface area contributed by atoms with Crippen molar-refractivity contribution >= 4 is 23.3 Å². The van der Waals surface area contributed by atoms with Crippen molar-refractivity contribution in [3.8, 4) is 0 Å². The molecule has 0 unspecified atom stereocenters. The maximum Gasteiger partial charge on any atom is 0.316 e. The van der Waals surface area contributed by atoms with Gasteiger partial charge in [0.25, 0.3) is 0 Å². The van der Waals surface area contributed by atoms with Crippen LogP contribution in [0.5, 0.6) is 0 Å². The minimum atomic E-state index is -0.615. The van der Waals surface area contributed by atoms with E-state index in [-0.39, 0.29) is 5.91 Å². The van der Waals surface area contributed by atoms with Crippen molar-refractivity contribution in [2.24, 2.45) is 5.73 Å². The number of hydrogen-bond acceptors (Lipinski definition) is 3. The highest BCUT2D eigenvalue weighted by Gasteiger charge is 2.01. The number of urea groups is 1. The lowest BCUT2D eigenvalue weighted by Crippen LogP contribution is -2.19. The molecule has 6 heteroatoms. The van der Waals surface area contributed by atoms with Gasteiger partial charge in [0.2, 0.25) is 5.91 Å². The lowest BCUT2D eigenvalue weighted by molar-refractivity contribution is -0.116. The Labute approximate surface area is 99.6 Å². The first-order chi connectivity index (χ1) is 8.11. The van der Waals surface area contributed by atoms with Gasteiger partial charge in [-0.25, -0.2) is 4.79 Å². The van der Waals surface area contributed by atoms with Gasteiger partial charge in [0.1, 0.15) is 0 Å². The number of anilines is 2. The van der Waals surface area contributed by atoms with Crippen molar-refractivity contribution < 1.29 is 9.59 Å². The molecule has 0 heterocycles. The van der Waals surface area contributed by atoms with Crippen molar-refractivity contribution in [2.45, 2.75) is 6.42 Å². The van der Waals surface area contributed by atoms with Crippen LogP contribution in [0.2, 0.25) is 0 Å². The molecule has 17 heavy (non-hydrogen) atoms. The summed E-state index contributed by atoms with van der Waals surface area (Å²) in [7, 11) is 1.79. The molecule has 0 aromatic heterocycles. The van der Waals surface area contributed by atoms with Gasteiger partial charge in [-0.05, 0) is 31.3 Å². The molecule has 0 bridgehead atoms. The van der Waals surface area contributed by atoms with Crippen molar-refractivity contribution in [3.05, 3.63) is 24.3 Å². The van der Waals surface area contributed by atoms with E-state index in [1.807, 2.05) is 0 Å². The van der Waals surface area contributed by atoms with E-state index in [1.54, 1.807) is 31.3 Å². The van der Waals surface area contributed by atoms with Crippen LogP contribution in [0, 0.1) is 0 Å². The van der Waals surface area contributed by atoms with Gasteiger partial charge in [0.15, 0.2) is 0 Å². The van der Waals surface area contributed by atoms with Crippen LogP contribution in [0.15, 0.2) is 24.3 Å². The smallest absolute Gasteiger partial charge is 0.316 e. The first-order valence-electron chi connectivity index (χ1n) is 5.23. The third kappa shape index (κ3) is 4.98. The highest BCUT2D eigenvalue weighted by atomic mass is 16.2. The Morgan fingerprint density at radius 1 is 1.12 bits per heavy atom. The zero-order valence-corrected chi connectivity index (χ0v) is 9.62. The number of primary amides is 1. The maximum absolute atomic E-state index is 11.4. The van der Waals surface area contributed by atoms with Gasteiger partial charge in [-0.3, -0.25) is 4.79 Å². The van der Waals surface area contributed by atoms with Crippen LogP contribution in [-0.4, -0.2) is 25.5 Å². The first kappa shape index (κ1) is 13.0. The van der Waals surface area contributed by atoms with E-state index in [0.717, 1.165) is 0 Å². The summed E-state index contributed by atoms with van der Waals surface area (Å²) in [5.41, 5.74) is 6.24. The highest BCUT2D eigenvalue weighted by Crippen LogP contribution is 2.13. The number of nitrogens with one attached hydrogen (secondary N) is 3. The number of hydrogen-bond donors (Lipinski definition) is 4. The average Bonchev–Trinajstić information content (AvgIpc) is 2.28. The molecule has 0 atom stereocenters. The molecule has 0 saturated carbocycles. The minimum absolute atomic E-state index is 0.0602. The summed E-state index contributed by atoms with van der Waals surface area (Å²) in [4.78, 5) is 22.0. The number of amides is 3. The summed E-state index contributed by atoms with van der Waals surface area (Å²) < 4.78 is 0. The van der Waals surface area contributed by atoms with Crippen LogP contribution in [-0.2, 0) is 4.79 Å². The SMILES string of the molecule is CNCCC(=O)Nc1ccc(NC(N)=O)cc1. The molecule has 1 aromatic rings. The molecule has 0 saturated heterocycles. The normalized spacial score (nSPS) is 9.71. The molecule has 0 spiro atoms. The zero-order chi connectivity index (χ0) is 12.7. The van der Waals surface area contributed by atoms with E-state index in [9.17, 15) is 9.59 Å². The first-order valence-corrected chi connectivity index (χ1v) is 5.23. The summed E-state index contributed by atoms with van der Waals surface area (Å²) in [6.07, 6.45) is 0.414. The van der Waals surface area contributed by atoms with E-state index in [1.165, 1.54) is 0 Å². The average molecular weight is 236 g/mol. The predicted molar refractivity (Wildman–Crippen MR) is 66.8 cm³/mol. The summed E-state index contributed by atoms with van der Waals surface area (Å²) in [6.45, 7) is 0.632. The lowest BCUT2D eigenvalue weighted by Gasteiger charge is -2.06. The van der Waals surface area contributed by atoms with Crippen LogP contribution < -0.4 is 21.7 Å². The fourth-order valence-electron chi connectivity index (χ4n) is 1.24. The number of carbonyl (C=O) groups excluding carboxylic acids is 2. The Balaban J connectivity index is 2.50. The predicted octanol–water partition coefficient (Wildman–Crippen LogP) is 0.725. The highest BCUT2D eigenvalue weighted by molar-refractivity contribution is 5.92. The Hall–Kier alpha value is -2.08. The zero-order valence-electron chi connectivity index (χ0n) is 9.62. The standard InChI is InChI=1S/C11H16N4O2/c1-13-7-6-10(16)14-8-2-4-9(5-3-8)15-11(12)17/h2-5,13H,6-7H2,1H3,(H,14,16)(H3,12,15,17). The molecule has 92 valence electrons. The summed E-state index contributed by atoms with van der Waals surface area (Å²) in [5, 5.41) is 8.06. The number of rotatable bonds is 5. The Bertz CT molecular complexity index is 389. The lowest BCUT2D eigenvalue weighted by atomic mass is 10.2. The van der Waals surface area contributed by atoms with E-state index in [2.05, 4.69) is 16.0 Å². The van der Waals surface area contributed by atoms with Gasteiger partial charge in [0, 0.05) is 24.3 Å². The van der Waals surface area contributed by atoms with Gasteiger partial charge in [-0.15, -0.1) is 0 Å². The van der Waals surface area contributed by atoms with Gasteiger partial charge < -0.3 is 21.7 Å². The monoisotopic (exact) mass is 236 g/mol. The molecule has 0 fully saturated rings. The second kappa shape index (κ2) is 6.49. The van der Waals surface area contributed by atoms with Gasteiger partial charge in [0.05, 0.1) is 0 Å². The van der Waals surface area contributed by atoms with Crippen LogP contribution in [0.3, 0.4) is 0 Å². The topological polar surface area (TPSA) is 96.2 Å². The third-order valence-electron chi connectivity index (χ3n) is 2.04. The molecule has 0 aliphatic heterocycles. The molecule has 3 amide bonds. The van der Waals surface area contributed by atoms with Gasteiger partial charge in [-0.1, -0.05) is 0 Å². The second-order valence-corrected chi connectivity index (χ2v) is 3.47. The van der Waals surface area contributed by atoms with Crippen LogP contribution in [0.1, 0.15) is 6.42 Å². The van der Waals surface area contributed by atoms with Crippen molar-refractivity contribution in [2.75, 3.05) is 24.2 Å². The Morgan fingerprint density at radius 2 is 1.65 bits per heavy atom. The fraction of sp³-hybridized carbons (Fsp3) is 0.273. The summed E-state index contributed by atoms with van der Waals surface area (Å²) in [6, 6.07) is 6.11. The van der Waals surface area contributed by atoms with Crippen LogP contribution in [0.25, 0.3) is 0 Å². The second-order valence-electron chi connectivity index (χ2n) is 3.47. The quantitative estimate of drug-likeness (QED) is 0.606. The molecule has 0 radical (unpaired) electrons.